The first-order valence-corrected chi connectivity index (χ1v) is 9.33. The van der Waals surface area contributed by atoms with Crippen molar-refractivity contribution in [2.24, 2.45) is 0 Å². The van der Waals surface area contributed by atoms with Crippen molar-refractivity contribution >= 4 is 18.0 Å². The molecule has 1 amide bonds. The Balaban J connectivity index is 1.80. The second kappa shape index (κ2) is 10.1. The zero-order valence-electron chi connectivity index (χ0n) is 16.5. The van der Waals surface area contributed by atoms with Gasteiger partial charge in [0, 0.05) is 6.54 Å². The first-order chi connectivity index (χ1) is 13.2. The van der Waals surface area contributed by atoms with E-state index in [-0.39, 0.29) is 25.8 Å². The highest BCUT2D eigenvalue weighted by molar-refractivity contribution is 5.79. The van der Waals surface area contributed by atoms with Crippen molar-refractivity contribution in [3.63, 3.8) is 0 Å². The minimum Gasteiger partial charge on any atom is -0.461 e. The molecule has 154 valence electrons. The summed E-state index contributed by atoms with van der Waals surface area (Å²) in [5, 5.41) is 5.31. The van der Waals surface area contributed by atoms with Crippen LogP contribution in [0.3, 0.4) is 0 Å². The van der Waals surface area contributed by atoms with Gasteiger partial charge in [0.25, 0.3) is 0 Å². The van der Waals surface area contributed by atoms with Crippen LogP contribution in [0.1, 0.15) is 39.2 Å². The maximum atomic E-state index is 12.3. The molecule has 8 nitrogen and oxygen atoms in total. The molecule has 0 saturated heterocycles. The molecule has 0 aliphatic heterocycles. The lowest BCUT2D eigenvalue weighted by Crippen LogP contribution is -2.49. The topological polar surface area (TPSA) is 103 Å². The summed E-state index contributed by atoms with van der Waals surface area (Å²) >= 11 is 0. The van der Waals surface area contributed by atoms with E-state index < -0.39 is 29.7 Å². The van der Waals surface area contributed by atoms with Crippen LogP contribution in [-0.2, 0) is 30.4 Å². The Morgan fingerprint density at radius 2 is 1.82 bits per heavy atom. The van der Waals surface area contributed by atoms with Crippen molar-refractivity contribution < 1.29 is 28.6 Å². The average Bonchev–Trinajstić information content (AvgIpc) is 3.43. The molecule has 0 unspecified atom stereocenters. The van der Waals surface area contributed by atoms with Gasteiger partial charge in [0.2, 0.25) is 0 Å². The lowest BCUT2D eigenvalue weighted by Gasteiger charge is -2.22. The minimum atomic E-state index is -0.877. The van der Waals surface area contributed by atoms with E-state index in [2.05, 4.69) is 10.6 Å². The molecular weight excluding hydrogens is 364 g/mol. The maximum absolute atomic E-state index is 12.3. The summed E-state index contributed by atoms with van der Waals surface area (Å²) in [5.41, 5.74) is 0.218. The molecule has 0 bridgehead atoms. The Morgan fingerprint density at radius 3 is 2.43 bits per heavy atom. The van der Waals surface area contributed by atoms with Crippen LogP contribution in [0.25, 0.3) is 0 Å². The normalized spacial score (nSPS) is 14.7. The summed E-state index contributed by atoms with van der Waals surface area (Å²) in [5.74, 6) is -1.03. The van der Waals surface area contributed by atoms with Gasteiger partial charge in [-0.2, -0.15) is 0 Å². The number of hydrogen-bond acceptors (Lipinski definition) is 7. The molecular formula is C20H28N2O6. The molecule has 1 aliphatic rings. The lowest BCUT2D eigenvalue weighted by molar-refractivity contribution is -0.148. The Kier molecular flexibility index (Phi) is 7.80. The Morgan fingerprint density at radius 1 is 1.14 bits per heavy atom. The SMILES string of the molecule is CC(C)(C)OC(=O)NC[C@@H](NCC(=O)OCc1ccccc1)C(=O)OC1CC1. The third-order valence-electron chi connectivity index (χ3n) is 3.68. The highest BCUT2D eigenvalue weighted by Crippen LogP contribution is 2.23. The largest absolute Gasteiger partial charge is 0.461 e. The van der Waals surface area contributed by atoms with E-state index in [1.54, 1.807) is 20.8 Å². The summed E-state index contributed by atoms with van der Waals surface area (Å²) in [6, 6.07) is 8.40. The average molecular weight is 392 g/mol. The van der Waals surface area contributed by atoms with E-state index in [4.69, 9.17) is 14.2 Å². The Labute approximate surface area is 164 Å². The number of alkyl carbamates (subject to hydrolysis) is 1. The van der Waals surface area contributed by atoms with Crippen LogP contribution in [0, 0.1) is 0 Å². The van der Waals surface area contributed by atoms with E-state index in [1.165, 1.54) is 0 Å². The minimum absolute atomic E-state index is 0.0631. The van der Waals surface area contributed by atoms with Crippen LogP contribution < -0.4 is 10.6 Å². The summed E-state index contributed by atoms with van der Waals surface area (Å²) < 4.78 is 15.6. The summed E-state index contributed by atoms with van der Waals surface area (Å²) in [6.07, 6.45) is 0.933. The number of hydrogen-bond donors (Lipinski definition) is 2. The molecule has 0 spiro atoms. The van der Waals surface area contributed by atoms with Gasteiger partial charge >= 0.3 is 18.0 Å². The van der Waals surface area contributed by atoms with Gasteiger partial charge in [0.05, 0.1) is 6.54 Å². The number of esters is 2. The first kappa shape index (κ1) is 21.7. The fourth-order valence-corrected chi connectivity index (χ4v) is 2.17. The lowest BCUT2D eigenvalue weighted by atomic mass is 10.2. The Bertz CT molecular complexity index is 667. The molecule has 1 fully saturated rings. The van der Waals surface area contributed by atoms with Gasteiger partial charge in [-0.3, -0.25) is 14.9 Å². The van der Waals surface area contributed by atoms with Crippen LogP contribution in [0.4, 0.5) is 4.79 Å². The third kappa shape index (κ3) is 8.85. The molecule has 1 aromatic carbocycles. The van der Waals surface area contributed by atoms with Crippen molar-refractivity contribution in [2.45, 2.75) is 58.0 Å². The second-order valence-corrected chi connectivity index (χ2v) is 7.60. The molecule has 8 heteroatoms. The van der Waals surface area contributed by atoms with Crippen molar-refractivity contribution in [3.05, 3.63) is 35.9 Å². The van der Waals surface area contributed by atoms with Gasteiger partial charge in [-0.25, -0.2) is 4.79 Å². The number of benzene rings is 1. The molecule has 1 aromatic rings. The monoisotopic (exact) mass is 392 g/mol. The van der Waals surface area contributed by atoms with Gasteiger partial charge in [-0.1, -0.05) is 30.3 Å². The fraction of sp³-hybridized carbons (Fsp3) is 0.550. The van der Waals surface area contributed by atoms with Gasteiger partial charge in [0.1, 0.15) is 24.4 Å². The molecule has 28 heavy (non-hydrogen) atoms. The highest BCUT2D eigenvalue weighted by Gasteiger charge is 2.30. The number of rotatable bonds is 9. The molecule has 0 radical (unpaired) electrons. The zero-order valence-corrected chi connectivity index (χ0v) is 16.5. The van der Waals surface area contributed by atoms with Crippen molar-refractivity contribution in [2.75, 3.05) is 13.1 Å². The summed E-state index contributed by atoms with van der Waals surface area (Å²) in [4.78, 5) is 36.0. The summed E-state index contributed by atoms with van der Waals surface area (Å²) in [7, 11) is 0. The van der Waals surface area contributed by atoms with E-state index >= 15 is 0 Å². The fourth-order valence-electron chi connectivity index (χ4n) is 2.17. The van der Waals surface area contributed by atoms with Crippen LogP contribution >= 0.6 is 0 Å². The van der Waals surface area contributed by atoms with E-state index in [0.717, 1.165) is 18.4 Å². The van der Waals surface area contributed by atoms with Crippen molar-refractivity contribution in [1.82, 2.24) is 10.6 Å². The molecule has 1 saturated carbocycles. The van der Waals surface area contributed by atoms with Crippen LogP contribution in [0.15, 0.2) is 30.3 Å². The zero-order chi connectivity index (χ0) is 20.6. The van der Waals surface area contributed by atoms with Crippen LogP contribution in [-0.4, -0.2) is 48.9 Å². The number of amides is 1. The number of carbonyl (C=O) groups is 3. The third-order valence-corrected chi connectivity index (χ3v) is 3.68. The maximum Gasteiger partial charge on any atom is 0.407 e. The van der Waals surface area contributed by atoms with Crippen molar-refractivity contribution in [3.8, 4) is 0 Å². The second-order valence-electron chi connectivity index (χ2n) is 7.60. The summed E-state index contributed by atoms with van der Waals surface area (Å²) in [6.45, 7) is 5.12. The first-order valence-electron chi connectivity index (χ1n) is 9.33. The standard InChI is InChI=1S/C20H28N2O6/c1-20(2,3)28-19(25)22-11-16(18(24)27-15-9-10-15)21-12-17(23)26-13-14-7-5-4-6-8-14/h4-8,15-16,21H,9-13H2,1-3H3,(H,22,25)/t16-/m1/s1. The van der Waals surface area contributed by atoms with Gasteiger partial charge in [-0.15, -0.1) is 0 Å². The predicted molar refractivity (Wildman–Crippen MR) is 101 cm³/mol. The van der Waals surface area contributed by atoms with E-state index in [0.29, 0.717) is 0 Å². The number of ether oxygens (including phenoxy) is 3. The highest BCUT2D eigenvalue weighted by atomic mass is 16.6. The van der Waals surface area contributed by atoms with Gasteiger partial charge < -0.3 is 19.5 Å². The van der Waals surface area contributed by atoms with Crippen LogP contribution in [0.5, 0.6) is 0 Å². The Hall–Kier alpha value is -2.61. The predicted octanol–water partition coefficient (Wildman–Crippen LogP) is 1.92. The molecule has 1 atom stereocenters. The molecule has 2 rings (SSSR count). The smallest absolute Gasteiger partial charge is 0.407 e. The molecule has 0 heterocycles. The van der Waals surface area contributed by atoms with Gasteiger partial charge in [0.15, 0.2) is 0 Å². The van der Waals surface area contributed by atoms with Crippen LogP contribution in [0.2, 0.25) is 0 Å². The van der Waals surface area contributed by atoms with E-state index in [1.807, 2.05) is 30.3 Å². The quantitative estimate of drug-likeness (QED) is 0.489. The molecule has 0 aromatic heterocycles. The molecule has 2 N–H and O–H groups in total. The molecule has 1 aliphatic carbocycles. The van der Waals surface area contributed by atoms with Gasteiger partial charge in [-0.05, 0) is 39.2 Å². The van der Waals surface area contributed by atoms with Crippen molar-refractivity contribution in [1.29, 1.82) is 0 Å². The van der Waals surface area contributed by atoms with E-state index in [9.17, 15) is 14.4 Å². The number of carbonyl (C=O) groups excluding carboxylic acids is 3. The number of nitrogens with one attached hydrogen (secondary N) is 2.